The minimum atomic E-state index is -3.62. The summed E-state index contributed by atoms with van der Waals surface area (Å²) in [5.74, 6) is -0.720. The van der Waals surface area contributed by atoms with Crippen LogP contribution in [0.5, 0.6) is 0 Å². The Kier molecular flexibility index (Phi) is 4.99. The Labute approximate surface area is 139 Å². The molecule has 1 fully saturated rings. The first-order valence-corrected chi connectivity index (χ1v) is 9.40. The van der Waals surface area contributed by atoms with Crippen LogP contribution in [-0.4, -0.2) is 33.7 Å². The summed E-state index contributed by atoms with van der Waals surface area (Å²) in [6.07, 6.45) is 0. The molecule has 1 saturated heterocycles. The fourth-order valence-corrected chi connectivity index (χ4v) is 4.36. The van der Waals surface area contributed by atoms with Crippen LogP contribution in [0.3, 0.4) is 0 Å². The number of hydrogen-bond acceptors (Lipinski definition) is 4. The zero-order chi connectivity index (χ0) is 16.5. The highest BCUT2D eigenvalue weighted by Gasteiger charge is 2.51. The first-order chi connectivity index (χ1) is 10.2. The van der Waals surface area contributed by atoms with Gasteiger partial charge in [-0.05, 0) is 30.5 Å². The molecule has 0 aromatic heterocycles. The van der Waals surface area contributed by atoms with E-state index < -0.39 is 15.5 Å². The zero-order valence-corrected chi connectivity index (χ0v) is 15.2. The Bertz CT molecular complexity index is 659. The van der Waals surface area contributed by atoms with E-state index in [0.717, 1.165) is 17.1 Å². The molecule has 7 heteroatoms. The van der Waals surface area contributed by atoms with Crippen molar-refractivity contribution >= 4 is 32.0 Å². The molecule has 1 N–H and O–H groups in total. The molecule has 122 valence electrons. The Morgan fingerprint density at radius 1 is 1.41 bits per heavy atom. The van der Waals surface area contributed by atoms with Crippen LogP contribution in [0.2, 0.25) is 0 Å². The smallest absolute Gasteiger partial charge is 0.267 e. The molecular formula is C15H20BrNO4S. The monoisotopic (exact) mass is 389 g/mol. The van der Waals surface area contributed by atoms with Crippen molar-refractivity contribution < 1.29 is 17.4 Å². The maximum absolute atomic E-state index is 12.4. The third-order valence-corrected chi connectivity index (χ3v) is 6.62. The van der Waals surface area contributed by atoms with Gasteiger partial charge >= 0.3 is 0 Å². The Hall–Kier alpha value is -0.920. The summed E-state index contributed by atoms with van der Waals surface area (Å²) in [4.78, 5) is 12.4. The quantitative estimate of drug-likeness (QED) is 0.783. The third-order valence-electron chi connectivity index (χ3n) is 4.78. The van der Waals surface area contributed by atoms with E-state index in [1.165, 1.54) is 0 Å². The molecule has 1 heterocycles. The highest BCUT2D eigenvalue weighted by atomic mass is 79.9. The molecule has 5 nitrogen and oxygen atoms in total. The lowest BCUT2D eigenvalue weighted by molar-refractivity contribution is -0.128. The van der Waals surface area contributed by atoms with Crippen molar-refractivity contribution in [2.24, 2.45) is 11.3 Å². The van der Waals surface area contributed by atoms with E-state index in [1.54, 1.807) is 0 Å². The van der Waals surface area contributed by atoms with Gasteiger partial charge in [0.15, 0.2) is 0 Å². The molecule has 0 spiro atoms. The van der Waals surface area contributed by atoms with Gasteiger partial charge in [0.05, 0.1) is 18.3 Å². The van der Waals surface area contributed by atoms with Gasteiger partial charge in [-0.2, -0.15) is 8.42 Å². The van der Waals surface area contributed by atoms with Crippen LogP contribution >= 0.6 is 15.9 Å². The number of carbonyl (C=O) groups is 1. The summed E-state index contributed by atoms with van der Waals surface area (Å²) in [5, 5.41) is 2.80. The van der Waals surface area contributed by atoms with Crippen molar-refractivity contribution in [1.29, 1.82) is 0 Å². The number of halogens is 1. The van der Waals surface area contributed by atoms with Crippen molar-refractivity contribution in [1.82, 2.24) is 5.32 Å². The molecule has 1 aliphatic heterocycles. The van der Waals surface area contributed by atoms with Crippen LogP contribution in [0, 0.1) is 11.3 Å². The summed E-state index contributed by atoms with van der Waals surface area (Å²) in [6, 6.07) is 7.74. The Morgan fingerprint density at radius 2 is 2.00 bits per heavy atom. The fraction of sp³-hybridized carbons (Fsp3) is 0.533. The van der Waals surface area contributed by atoms with Crippen molar-refractivity contribution in [3.05, 3.63) is 34.3 Å². The molecule has 2 rings (SSSR count). The highest BCUT2D eigenvalue weighted by molar-refractivity contribution is 9.10. The molecule has 0 aliphatic carbocycles. The van der Waals surface area contributed by atoms with Gasteiger partial charge in [-0.1, -0.05) is 35.0 Å². The molecule has 3 atom stereocenters. The lowest BCUT2D eigenvalue weighted by atomic mass is 9.68. The molecular weight excluding hydrogens is 370 g/mol. The lowest BCUT2D eigenvalue weighted by Gasteiger charge is -2.34. The molecule has 22 heavy (non-hydrogen) atoms. The SMILES string of the molecule is COS(=O)(=O)C[C@H]1CNC(=O)[C@]1(C)[C@H](C)c1ccc(Br)cc1. The van der Waals surface area contributed by atoms with Crippen LogP contribution in [0.4, 0.5) is 0 Å². The van der Waals surface area contributed by atoms with Gasteiger partial charge in [-0.15, -0.1) is 0 Å². The predicted octanol–water partition coefficient (Wildman–Crippen LogP) is 2.28. The number of amides is 1. The minimum absolute atomic E-state index is 0.111. The molecule has 0 radical (unpaired) electrons. The second kappa shape index (κ2) is 6.29. The standard InChI is InChI=1S/C15H20BrNO4S/c1-10(11-4-6-13(16)7-5-11)15(2)12(8-17-14(15)18)9-22(19,20)21-3/h4-7,10,12H,8-9H2,1-3H3,(H,17,18)/t10-,12-,15-/m1/s1. The second-order valence-corrected chi connectivity index (χ2v) is 8.55. The van der Waals surface area contributed by atoms with Gasteiger partial charge in [0.2, 0.25) is 5.91 Å². The van der Waals surface area contributed by atoms with Crippen molar-refractivity contribution in [2.45, 2.75) is 19.8 Å². The molecule has 1 aromatic carbocycles. The van der Waals surface area contributed by atoms with Crippen LogP contribution in [0.25, 0.3) is 0 Å². The highest BCUT2D eigenvalue weighted by Crippen LogP contribution is 2.45. The number of benzene rings is 1. The predicted molar refractivity (Wildman–Crippen MR) is 88.0 cm³/mol. The maximum atomic E-state index is 12.4. The minimum Gasteiger partial charge on any atom is -0.355 e. The van der Waals surface area contributed by atoms with E-state index in [-0.39, 0.29) is 23.5 Å². The van der Waals surface area contributed by atoms with E-state index in [0.29, 0.717) is 6.54 Å². The van der Waals surface area contributed by atoms with E-state index >= 15 is 0 Å². The third kappa shape index (κ3) is 3.21. The van der Waals surface area contributed by atoms with E-state index in [4.69, 9.17) is 0 Å². The molecule has 0 saturated carbocycles. The van der Waals surface area contributed by atoms with E-state index in [9.17, 15) is 13.2 Å². The van der Waals surface area contributed by atoms with Gasteiger partial charge in [-0.25, -0.2) is 0 Å². The normalized spacial score (nSPS) is 26.7. The van der Waals surface area contributed by atoms with Crippen LogP contribution < -0.4 is 5.32 Å². The van der Waals surface area contributed by atoms with Crippen molar-refractivity contribution in [3.63, 3.8) is 0 Å². The first kappa shape index (κ1) is 17.4. The number of hydrogen-bond donors (Lipinski definition) is 1. The van der Waals surface area contributed by atoms with Gasteiger partial charge in [0, 0.05) is 16.9 Å². The van der Waals surface area contributed by atoms with Crippen LogP contribution in [-0.2, 0) is 19.1 Å². The summed E-state index contributed by atoms with van der Waals surface area (Å²) in [6.45, 7) is 4.14. The average molecular weight is 390 g/mol. The average Bonchev–Trinajstić information content (AvgIpc) is 2.76. The number of nitrogens with one attached hydrogen (secondary N) is 1. The summed E-state index contributed by atoms with van der Waals surface area (Å²) < 4.78 is 29.1. The maximum Gasteiger partial charge on any atom is 0.267 e. The fourth-order valence-electron chi connectivity index (χ4n) is 3.00. The summed E-state index contributed by atoms with van der Waals surface area (Å²) in [5.41, 5.74) is 0.210. The lowest BCUT2D eigenvalue weighted by Crippen LogP contribution is -2.39. The van der Waals surface area contributed by atoms with Crippen molar-refractivity contribution in [3.8, 4) is 0 Å². The molecule has 0 unspecified atom stereocenters. The van der Waals surface area contributed by atoms with Gasteiger partial charge in [0.1, 0.15) is 0 Å². The topological polar surface area (TPSA) is 72.5 Å². The largest absolute Gasteiger partial charge is 0.355 e. The Morgan fingerprint density at radius 3 is 2.55 bits per heavy atom. The Balaban J connectivity index is 2.34. The molecule has 1 amide bonds. The summed E-state index contributed by atoms with van der Waals surface area (Å²) >= 11 is 3.39. The summed E-state index contributed by atoms with van der Waals surface area (Å²) in [7, 11) is -2.47. The van der Waals surface area contributed by atoms with Crippen LogP contribution in [0.15, 0.2) is 28.7 Å². The van der Waals surface area contributed by atoms with E-state index in [1.807, 2.05) is 38.1 Å². The zero-order valence-electron chi connectivity index (χ0n) is 12.8. The number of carbonyl (C=O) groups excluding carboxylic acids is 1. The van der Waals surface area contributed by atoms with E-state index in [2.05, 4.69) is 25.4 Å². The first-order valence-electron chi connectivity index (χ1n) is 7.02. The number of rotatable bonds is 5. The molecule has 1 aromatic rings. The van der Waals surface area contributed by atoms with Crippen molar-refractivity contribution in [2.75, 3.05) is 19.4 Å². The molecule has 0 bridgehead atoms. The van der Waals surface area contributed by atoms with Gasteiger partial charge in [0.25, 0.3) is 10.1 Å². The molecule has 1 aliphatic rings. The van der Waals surface area contributed by atoms with Gasteiger partial charge in [-0.3, -0.25) is 8.98 Å². The van der Waals surface area contributed by atoms with Crippen LogP contribution in [0.1, 0.15) is 25.3 Å². The second-order valence-electron chi connectivity index (χ2n) is 5.85. The van der Waals surface area contributed by atoms with Gasteiger partial charge < -0.3 is 5.32 Å².